The molecule has 0 saturated heterocycles. The highest BCUT2D eigenvalue weighted by atomic mass is 16.3. The highest BCUT2D eigenvalue weighted by Gasteiger charge is 2.32. The van der Waals surface area contributed by atoms with Crippen LogP contribution in [0.25, 0.3) is 0 Å². The van der Waals surface area contributed by atoms with Crippen molar-refractivity contribution in [3.8, 4) is 0 Å². The van der Waals surface area contributed by atoms with E-state index in [1.54, 1.807) is 0 Å². The van der Waals surface area contributed by atoms with Gasteiger partial charge in [0.05, 0.1) is 5.60 Å². The molecule has 0 bridgehead atoms. The summed E-state index contributed by atoms with van der Waals surface area (Å²) in [7, 11) is 0. The van der Waals surface area contributed by atoms with E-state index in [4.69, 9.17) is 0 Å². The molecule has 0 aliphatic heterocycles. The molecule has 0 heterocycles. The van der Waals surface area contributed by atoms with Gasteiger partial charge in [0.1, 0.15) is 0 Å². The molecule has 5 nitrogen and oxygen atoms in total. The van der Waals surface area contributed by atoms with Crippen molar-refractivity contribution >= 4 is 11.8 Å². The zero-order valence-electron chi connectivity index (χ0n) is 11.4. The van der Waals surface area contributed by atoms with Crippen molar-refractivity contribution in [3.63, 3.8) is 0 Å². The van der Waals surface area contributed by atoms with Gasteiger partial charge in [-0.15, -0.1) is 0 Å². The van der Waals surface area contributed by atoms with E-state index in [0.29, 0.717) is 12.8 Å². The Morgan fingerprint density at radius 2 is 1.63 bits per heavy atom. The van der Waals surface area contributed by atoms with Crippen molar-refractivity contribution in [1.29, 1.82) is 0 Å². The summed E-state index contributed by atoms with van der Waals surface area (Å²) in [4.78, 5) is 23.4. The summed E-state index contributed by atoms with van der Waals surface area (Å²) >= 11 is 0. The highest BCUT2D eigenvalue weighted by Crippen LogP contribution is 2.28. The van der Waals surface area contributed by atoms with Crippen molar-refractivity contribution in [2.24, 2.45) is 0 Å². The number of carbonyl (C=O) groups is 2. The molecule has 2 rings (SSSR count). The number of aliphatic hydroxyl groups is 1. The molecule has 108 valence electrons. The van der Waals surface area contributed by atoms with Gasteiger partial charge in [-0.1, -0.05) is 32.1 Å². The average molecular weight is 268 g/mol. The Kier molecular flexibility index (Phi) is 4.80. The minimum atomic E-state index is -0.805. The maximum absolute atomic E-state index is 11.7. The number of hydrogen-bond donors (Lipinski definition) is 3. The third-order valence-corrected chi connectivity index (χ3v) is 4.26. The summed E-state index contributed by atoms with van der Waals surface area (Å²) in [5.41, 5.74) is -0.805. The van der Waals surface area contributed by atoms with E-state index < -0.39 is 17.4 Å². The molecule has 5 heteroatoms. The van der Waals surface area contributed by atoms with Crippen LogP contribution < -0.4 is 10.6 Å². The second-order valence-electron chi connectivity index (χ2n) is 5.92. The van der Waals surface area contributed by atoms with Crippen LogP contribution in [0.15, 0.2) is 0 Å². The fourth-order valence-electron chi connectivity index (χ4n) is 3.03. The smallest absolute Gasteiger partial charge is 0.309 e. The van der Waals surface area contributed by atoms with Crippen molar-refractivity contribution in [1.82, 2.24) is 10.6 Å². The van der Waals surface area contributed by atoms with Gasteiger partial charge < -0.3 is 15.7 Å². The lowest BCUT2D eigenvalue weighted by atomic mass is 9.95. The molecule has 0 aromatic rings. The minimum Gasteiger partial charge on any atom is -0.388 e. The molecule has 2 saturated carbocycles. The van der Waals surface area contributed by atoms with Crippen molar-refractivity contribution < 1.29 is 14.7 Å². The molecular formula is C14H24N2O3. The van der Waals surface area contributed by atoms with Crippen LogP contribution in [-0.2, 0) is 9.59 Å². The van der Waals surface area contributed by atoms with Crippen LogP contribution >= 0.6 is 0 Å². The molecule has 3 N–H and O–H groups in total. The lowest BCUT2D eigenvalue weighted by molar-refractivity contribution is -0.140. The summed E-state index contributed by atoms with van der Waals surface area (Å²) in [5, 5.41) is 15.4. The molecule has 0 aromatic carbocycles. The molecule has 2 fully saturated rings. The van der Waals surface area contributed by atoms with E-state index in [1.165, 1.54) is 6.42 Å². The normalized spacial score (nSPS) is 23.0. The van der Waals surface area contributed by atoms with Crippen LogP contribution in [-0.4, -0.2) is 35.1 Å². The molecule has 0 atom stereocenters. The van der Waals surface area contributed by atoms with Gasteiger partial charge in [-0.2, -0.15) is 0 Å². The van der Waals surface area contributed by atoms with E-state index in [9.17, 15) is 14.7 Å². The molecule has 2 amide bonds. The van der Waals surface area contributed by atoms with Gasteiger partial charge in [0.15, 0.2) is 0 Å². The predicted octanol–water partition coefficient (Wildman–Crippen LogP) is 0.857. The monoisotopic (exact) mass is 268 g/mol. The second-order valence-corrected chi connectivity index (χ2v) is 5.92. The first-order valence-electron chi connectivity index (χ1n) is 7.40. The lowest BCUT2D eigenvalue weighted by Gasteiger charge is -2.24. The van der Waals surface area contributed by atoms with Crippen LogP contribution in [0, 0.1) is 0 Å². The Labute approximate surface area is 114 Å². The molecule has 0 spiro atoms. The third kappa shape index (κ3) is 4.20. The summed E-state index contributed by atoms with van der Waals surface area (Å²) in [6, 6.07) is 0.140. The fourth-order valence-corrected chi connectivity index (χ4v) is 3.03. The van der Waals surface area contributed by atoms with E-state index >= 15 is 0 Å². The summed E-state index contributed by atoms with van der Waals surface area (Å²) < 4.78 is 0. The lowest BCUT2D eigenvalue weighted by Crippen LogP contribution is -2.49. The maximum Gasteiger partial charge on any atom is 0.309 e. The Morgan fingerprint density at radius 3 is 2.26 bits per heavy atom. The number of hydrogen-bond acceptors (Lipinski definition) is 3. The fraction of sp³-hybridized carbons (Fsp3) is 0.857. The average Bonchev–Trinajstić information content (AvgIpc) is 2.84. The molecular weight excluding hydrogens is 244 g/mol. The third-order valence-electron chi connectivity index (χ3n) is 4.26. The standard InChI is InChI=1S/C14H24N2O3/c17-12(15-10-14(19)8-4-5-9-14)13(18)16-11-6-2-1-3-7-11/h11,19H,1-10H2,(H,15,17)(H,16,18). The first kappa shape index (κ1) is 14.3. The quantitative estimate of drug-likeness (QED) is 0.664. The SMILES string of the molecule is O=C(NCC1(O)CCCC1)C(=O)NC1CCCCC1. The van der Waals surface area contributed by atoms with Gasteiger partial charge in [0.2, 0.25) is 0 Å². The second kappa shape index (κ2) is 6.37. The number of rotatable bonds is 3. The van der Waals surface area contributed by atoms with Gasteiger partial charge in [0, 0.05) is 12.6 Å². The van der Waals surface area contributed by atoms with Crippen LogP contribution in [0.2, 0.25) is 0 Å². The first-order chi connectivity index (χ1) is 9.09. The van der Waals surface area contributed by atoms with Crippen molar-refractivity contribution in [3.05, 3.63) is 0 Å². The maximum atomic E-state index is 11.7. The Bertz CT molecular complexity index is 332. The van der Waals surface area contributed by atoms with E-state index in [0.717, 1.165) is 38.5 Å². The number of nitrogens with one attached hydrogen (secondary N) is 2. The van der Waals surface area contributed by atoms with E-state index in [2.05, 4.69) is 10.6 Å². The highest BCUT2D eigenvalue weighted by molar-refractivity contribution is 6.35. The Morgan fingerprint density at radius 1 is 1.00 bits per heavy atom. The van der Waals surface area contributed by atoms with Crippen LogP contribution in [0.4, 0.5) is 0 Å². The summed E-state index contributed by atoms with van der Waals surface area (Å²) in [6.07, 6.45) is 8.76. The largest absolute Gasteiger partial charge is 0.388 e. The molecule has 0 radical (unpaired) electrons. The number of amides is 2. The summed E-state index contributed by atoms with van der Waals surface area (Å²) in [6.45, 7) is 0.184. The van der Waals surface area contributed by atoms with Crippen LogP contribution in [0.1, 0.15) is 57.8 Å². The topological polar surface area (TPSA) is 78.4 Å². The first-order valence-corrected chi connectivity index (χ1v) is 7.40. The van der Waals surface area contributed by atoms with E-state index in [-0.39, 0.29) is 12.6 Å². The van der Waals surface area contributed by atoms with Crippen molar-refractivity contribution in [2.75, 3.05) is 6.54 Å². The number of carbonyl (C=O) groups excluding carboxylic acids is 2. The van der Waals surface area contributed by atoms with Gasteiger partial charge in [-0.3, -0.25) is 9.59 Å². The molecule has 2 aliphatic rings. The minimum absolute atomic E-state index is 0.140. The van der Waals surface area contributed by atoms with Gasteiger partial charge >= 0.3 is 11.8 Å². The zero-order chi connectivity index (χ0) is 13.7. The van der Waals surface area contributed by atoms with Crippen LogP contribution in [0.5, 0.6) is 0 Å². The van der Waals surface area contributed by atoms with Crippen LogP contribution in [0.3, 0.4) is 0 Å². The van der Waals surface area contributed by atoms with Gasteiger partial charge in [-0.25, -0.2) is 0 Å². The van der Waals surface area contributed by atoms with Crippen molar-refractivity contribution in [2.45, 2.75) is 69.4 Å². The Balaban J connectivity index is 1.71. The predicted molar refractivity (Wildman–Crippen MR) is 71.4 cm³/mol. The van der Waals surface area contributed by atoms with Gasteiger partial charge in [0.25, 0.3) is 0 Å². The Hall–Kier alpha value is -1.10. The van der Waals surface area contributed by atoms with Gasteiger partial charge in [-0.05, 0) is 25.7 Å². The summed E-state index contributed by atoms with van der Waals surface area (Å²) in [5.74, 6) is -1.18. The molecule has 19 heavy (non-hydrogen) atoms. The molecule has 2 aliphatic carbocycles. The molecule has 0 unspecified atom stereocenters. The molecule has 0 aromatic heterocycles. The van der Waals surface area contributed by atoms with E-state index in [1.807, 2.05) is 0 Å². The zero-order valence-corrected chi connectivity index (χ0v) is 11.4.